The zero-order valence-electron chi connectivity index (χ0n) is 15.5. The first-order valence-electron chi connectivity index (χ1n) is 8.84. The molecular weight excluding hydrogens is 453 g/mol. The van der Waals surface area contributed by atoms with Crippen LogP contribution in [0.4, 0.5) is 5.82 Å². The van der Waals surface area contributed by atoms with Crippen molar-refractivity contribution in [1.82, 2.24) is 14.9 Å². The molecule has 0 aliphatic carbocycles. The summed E-state index contributed by atoms with van der Waals surface area (Å²) in [6, 6.07) is 8.92. The maximum Gasteiger partial charge on any atom is 0.239 e. The largest absolute Gasteiger partial charge is 0.352 e. The Morgan fingerprint density at radius 2 is 1.79 bits per heavy atom. The average molecular weight is 475 g/mol. The van der Waals surface area contributed by atoms with Gasteiger partial charge in [-0.3, -0.25) is 4.79 Å². The number of fused-ring (bicyclic) bond motifs is 1. The van der Waals surface area contributed by atoms with Crippen LogP contribution in [-0.2, 0) is 11.2 Å². The second-order valence-corrected chi connectivity index (χ2v) is 7.93. The molecule has 0 spiro atoms. The molecule has 1 aliphatic heterocycles. The summed E-state index contributed by atoms with van der Waals surface area (Å²) in [7, 11) is 0. The molecule has 1 aromatic carbocycles. The number of aromatic nitrogens is 2. The van der Waals surface area contributed by atoms with Gasteiger partial charge in [-0.05, 0) is 35.6 Å². The number of piperazine rings is 1. The van der Waals surface area contributed by atoms with Crippen molar-refractivity contribution in [2.45, 2.75) is 12.5 Å². The lowest BCUT2D eigenvalue weighted by Crippen LogP contribution is -2.53. The fourth-order valence-corrected chi connectivity index (χ4v) is 4.32. The van der Waals surface area contributed by atoms with Crippen LogP contribution in [0.3, 0.4) is 0 Å². The van der Waals surface area contributed by atoms with Crippen molar-refractivity contribution >= 4 is 69.7 Å². The van der Waals surface area contributed by atoms with E-state index in [1.54, 1.807) is 17.7 Å². The normalized spacial score (nSPS) is 14.8. The summed E-state index contributed by atoms with van der Waals surface area (Å²) in [5, 5.41) is 2.71. The van der Waals surface area contributed by atoms with Gasteiger partial charge in [-0.15, -0.1) is 36.2 Å². The van der Waals surface area contributed by atoms with E-state index in [2.05, 4.69) is 14.9 Å². The van der Waals surface area contributed by atoms with Crippen molar-refractivity contribution < 1.29 is 4.79 Å². The number of hydrogen-bond acceptors (Lipinski definition) is 6. The van der Waals surface area contributed by atoms with Gasteiger partial charge in [0.05, 0.1) is 16.3 Å². The number of rotatable bonds is 4. The first kappa shape index (κ1) is 23.6. The summed E-state index contributed by atoms with van der Waals surface area (Å²) in [5.41, 5.74) is 8.15. The van der Waals surface area contributed by atoms with E-state index >= 15 is 0 Å². The third-order valence-electron chi connectivity index (χ3n) is 4.80. The second-order valence-electron chi connectivity index (χ2n) is 6.58. The Kier molecular flexibility index (Phi) is 8.48. The van der Waals surface area contributed by atoms with Crippen LogP contribution in [0, 0.1) is 0 Å². The summed E-state index contributed by atoms with van der Waals surface area (Å²) < 4.78 is 1.09. The molecule has 1 aliphatic rings. The molecule has 2 N–H and O–H groups in total. The standard InChI is InChI=1S/C19H20ClN5OS.2ClH/c20-14-3-1-13(2-4-14)11-15(21)19(26)25-8-6-24(7-9-25)18-17-16(5-10-27-17)22-12-23-18;;/h1-5,10,12,15H,6-9,11,21H2;2*1H/t15-;;/m1../s1. The van der Waals surface area contributed by atoms with E-state index in [1.165, 1.54) is 0 Å². The number of thiophene rings is 1. The first-order chi connectivity index (χ1) is 13.1. The minimum atomic E-state index is -0.541. The molecule has 3 aromatic rings. The van der Waals surface area contributed by atoms with E-state index in [9.17, 15) is 4.79 Å². The van der Waals surface area contributed by atoms with Gasteiger partial charge in [0.25, 0.3) is 0 Å². The van der Waals surface area contributed by atoms with E-state index in [1.807, 2.05) is 40.6 Å². The fourth-order valence-electron chi connectivity index (χ4n) is 3.34. The molecule has 1 amide bonds. The summed E-state index contributed by atoms with van der Waals surface area (Å²) >= 11 is 7.55. The van der Waals surface area contributed by atoms with Crippen molar-refractivity contribution in [3.05, 3.63) is 52.6 Å². The highest BCUT2D eigenvalue weighted by Crippen LogP contribution is 2.28. The molecule has 1 atom stereocenters. The van der Waals surface area contributed by atoms with Crippen LogP contribution in [0.15, 0.2) is 42.0 Å². The maximum absolute atomic E-state index is 12.7. The lowest BCUT2D eigenvalue weighted by molar-refractivity contribution is -0.132. The quantitative estimate of drug-likeness (QED) is 0.627. The highest BCUT2D eigenvalue weighted by atomic mass is 35.5. The number of hydrogen-bond donors (Lipinski definition) is 1. The molecule has 29 heavy (non-hydrogen) atoms. The van der Waals surface area contributed by atoms with Gasteiger partial charge >= 0.3 is 0 Å². The Balaban J connectivity index is 0.00000150. The van der Waals surface area contributed by atoms with E-state index in [0.717, 1.165) is 34.7 Å². The van der Waals surface area contributed by atoms with Crippen LogP contribution < -0.4 is 10.6 Å². The van der Waals surface area contributed by atoms with Gasteiger partial charge in [0, 0.05) is 31.2 Å². The van der Waals surface area contributed by atoms with E-state index in [0.29, 0.717) is 24.5 Å². The zero-order valence-corrected chi connectivity index (χ0v) is 18.7. The van der Waals surface area contributed by atoms with Crippen molar-refractivity contribution in [3.63, 3.8) is 0 Å². The topological polar surface area (TPSA) is 75.4 Å². The molecular formula is C19H22Cl3N5OS. The number of amides is 1. The third kappa shape index (κ3) is 5.29. The maximum atomic E-state index is 12.7. The molecule has 2 aromatic heterocycles. The van der Waals surface area contributed by atoms with Crippen LogP contribution in [-0.4, -0.2) is 53.0 Å². The average Bonchev–Trinajstić information content (AvgIpc) is 3.18. The number of nitrogens with two attached hydrogens (primary N) is 1. The molecule has 3 heterocycles. The van der Waals surface area contributed by atoms with Crippen molar-refractivity contribution in [2.75, 3.05) is 31.1 Å². The smallest absolute Gasteiger partial charge is 0.239 e. The van der Waals surface area contributed by atoms with E-state index < -0.39 is 6.04 Å². The molecule has 1 fully saturated rings. The lowest BCUT2D eigenvalue weighted by atomic mass is 10.1. The molecule has 10 heteroatoms. The number of carbonyl (C=O) groups is 1. The van der Waals surface area contributed by atoms with Crippen molar-refractivity contribution in [3.8, 4) is 0 Å². The number of nitrogens with zero attached hydrogens (tertiary/aromatic N) is 4. The zero-order chi connectivity index (χ0) is 18.8. The third-order valence-corrected chi connectivity index (χ3v) is 5.95. The van der Waals surface area contributed by atoms with Gasteiger partial charge in [0.15, 0.2) is 0 Å². The van der Waals surface area contributed by atoms with Gasteiger partial charge < -0.3 is 15.5 Å². The Morgan fingerprint density at radius 3 is 2.48 bits per heavy atom. The molecule has 4 rings (SSSR count). The molecule has 0 unspecified atom stereocenters. The Labute approximate surface area is 190 Å². The molecule has 0 saturated carbocycles. The van der Waals surface area contributed by atoms with Crippen LogP contribution in [0.5, 0.6) is 0 Å². The van der Waals surface area contributed by atoms with Crippen LogP contribution in [0.1, 0.15) is 5.56 Å². The molecule has 0 bridgehead atoms. The SMILES string of the molecule is Cl.Cl.N[C@H](Cc1ccc(Cl)cc1)C(=O)N1CCN(c2ncnc3ccsc23)CC1. The van der Waals surface area contributed by atoms with Crippen molar-refractivity contribution in [1.29, 1.82) is 0 Å². The number of anilines is 1. The van der Waals surface area contributed by atoms with Gasteiger partial charge in [0.2, 0.25) is 5.91 Å². The molecule has 1 saturated heterocycles. The predicted molar refractivity (Wildman–Crippen MR) is 124 cm³/mol. The predicted octanol–water partition coefficient (Wildman–Crippen LogP) is 3.41. The minimum Gasteiger partial charge on any atom is -0.352 e. The van der Waals surface area contributed by atoms with Crippen molar-refractivity contribution in [2.24, 2.45) is 5.73 Å². The fraction of sp³-hybridized carbons (Fsp3) is 0.316. The minimum absolute atomic E-state index is 0. The Hall–Kier alpha value is -1.64. The van der Waals surface area contributed by atoms with Crippen LogP contribution >= 0.6 is 47.8 Å². The highest BCUT2D eigenvalue weighted by Gasteiger charge is 2.26. The van der Waals surface area contributed by atoms with Crippen LogP contribution in [0.25, 0.3) is 10.2 Å². The number of benzene rings is 1. The first-order valence-corrected chi connectivity index (χ1v) is 10.1. The molecule has 6 nitrogen and oxygen atoms in total. The molecule has 0 radical (unpaired) electrons. The van der Waals surface area contributed by atoms with Gasteiger partial charge in [0.1, 0.15) is 12.1 Å². The summed E-state index contributed by atoms with van der Waals surface area (Å²) in [4.78, 5) is 25.5. The second kappa shape index (κ2) is 10.4. The Bertz CT molecular complexity index is 944. The van der Waals surface area contributed by atoms with E-state index in [4.69, 9.17) is 17.3 Å². The summed E-state index contributed by atoms with van der Waals surface area (Å²) in [6.07, 6.45) is 2.11. The van der Waals surface area contributed by atoms with Gasteiger partial charge in [-0.25, -0.2) is 9.97 Å². The Morgan fingerprint density at radius 1 is 1.10 bits per heavy atom. The van der Waals surface area contributed by atoms with E-state index in [-0.39, 0.29) is 30.7 Å². The highest BCUT2D eigenvalue weighted by molar-refractivity contribution is 7.17. The summed E-state index contributed by atoms with van der Waals surface area (Å²) in [5.74, 6) is 0.945. The number of halogens is 3. The van der Waals surface area contributed by atoms with Gasteiger partial charge in [-0.1, -0.05) is 23.7 Å². The lowest BCUT2D eigenvalue weighted by Gasteiger charge is -2.36. The monoisotopic (exact) mass is 473 g/mol. The van der Waals surface area contributed by atoms with Crippen LogP contribution in [0.2, 0.25) is 5.02 Å². The summed E-state index contributed by atoms with van der Waals surface area (Å²) in [6.45, 7) is 2.76. The molecule has 156 valence electrons. The number of carbonyl (C=O) groups excluding carboxylic acids is 1. The van der Waals surface area contributed by atoms with Gasteiger partial charge in [-0.2, -0.15) is 0 Å².